The summed E-state index contributed by atoms with van der Waals surface area (Å²) >= 11 is 0. The number of halogens is 1. The summed E-state index contributed by atoms with van der Waals surface area (Å²) in [7, 11) is 0. The topological polar surface area (TPSA) is 85.1 Å². The molecule has 2 aromatic heterocycles. The summed E-state index contributed by atoms with van der Waals surface area (Å²) in [5.74, 6) is -0.586. The van der Waals surface area contributed by atoms with Crippen LogP contribution in [0, 0.1) is 5.82 Å². The van der Waals surface area contributed by atoms with Gasteiger partial charge in [0.05, 0.1) is 22.5 Å². The number of benzene rings is 1. The number of nitrogens with one attached hydrogen (secondary N) is 2. The molecule has 0 atom stereocenters. The van der Waals surface area contributed by atoms with Crippen molar-refractivity contribution in [2.24, 2.45) is 0 Å². The average molecular weight is 355 g/mol. The van der Waals surface area contributed by atoms with Crippen LogP contribution in [0.5, 0.6) is 0 Å². The molecule has 0 radical (unpaired) electrons. The zero-order chi connectivity index (χ0) is 18.3. The average Bonchev–Trinajstić information content (AvgIpc) is 3.01. The molecule has 0 aliphatic carbocycles. The van der Waals surface area contributed by atoms with Crippen molar-refractivity contribution in [3.05, 3.63) is 52.3 Å². The number of carbonyl (C=O) groups is 1. The highest BCUT2D eigenvalue weighted by molar-refractivity contribution is 6.13. The summed E-state index contributed by atoms with van der Waals surface area (Å²) in [5.41, 5.74) is 2.03. The normalized spacial score (nSPS) is 13.9. The number of aromatic nitrogens is 3. The Morgan fingerprint density at radius 1 is 1.23 bits per heavy atom. The van der Waals surface area contributed by atoms with Gasteiger partial charge in [-0.25, -0.2) is 14.2 Å². The van der Waals surface area contributed by atoms with Crippen LogP contribution >= 0.6 is 0 Å². The molecule has 0 saturated carbocycles. The highest BCUT2D eigenvalue weighted by atomic mass is 19.1. The zero-order valence-electron chi connectivity index (χ0n) is 14.3. The lowest BCUT2D eigenvalue weighted by Gasteiger charge is -2.37. The van der Waals surface area contributed by atoms with E-state index >= 15 is 0 Å². The predicted octanol–water partition coefficient (Wildman–Crippen LogP) is 2.27. The second kappa shape index (κ2) is 6.29. The Kier molecular flexibility index (Phi) is 3.95. The molecular formula is C18H18FN5O2. The van der Waals surface area contributed by atoms with Crippen molar-refractivity contribution in [2.45, 2.75) is 13.3 Å². The Labute approximate surface area is 148 Å². The van der Waals surface area contributed by atoms with E-state index in [2.05, 4.69) is 26.8 Å². The lowest BCUT2D eigenvalue weighted by atomic mass is 10.1. The quantitative estimate of drug-likeness (QED) is 0.755. The van der Waals surface area contributed by atoms with E-state index in [-0.39, 0.29) is 11.7 Å². The van der Waals surface area contributed by atoms with Gasteiger partial charge in [0.15, 0.2) is 5.65 Å². The summed E-state index contributed by atoms with van der Waals surface area (Å²) < 4.78 is 13.8. The summed E-state index contributed by atoms with van der Waals surface area (Å²) in [6.07, 6.45) is 2.41. The Bertz CT molecular complexity index is 1040. The van der Waals surface area contributed by atoms with Gasteiger partial charge in [0, 0.05) is 25.8 Å². The molecule has 7 nitrogen and oxygen atoms in total. The molecule has 0 fully saturated rings. The maximum Gasteiger partial charge on any atom is 0.325 e. The monoisotopic (exact) mass is 355 g/mol. The van der Waals surface area contributed by atoms with Crippen LogP contribution in [0.3, 0.4) is 0 Å². The Hall–Kier alpha value is -3.16. The first-order chi connectivity index (χ1) is 12.6. The zero-order valence-corrected chi connectivity index (χ0v) is 14.3. The first kappa shape index (κ1) is 16.3. The standard InChI is InChI=1S/C18H18FN5O2/c1-2-7-23-8-9-24(13-4-3-11(19)10-14(13)23)17(25)12-5-6-20-16-15(12)21-18(26)22-16/h3-6,10H,2,7-9H2,1H3,(H2,20,21,22,26). The molecule has 134 valence electrons. The third-order valence-corrected chi connectivity index (χ3v) is 4.55. The van der Waals surface area contributed by atoms with Crippen molar-refractivity contribution in [1.29, 1.82) is 0 Å². The number of hydrogen-bond donors (Lipinski definition) is 2. The second-order valence-electron chi connectivity index (χ2n) is 6.24. The van der Waals surface area contributed by atoms with Crippen molar-refractivity contribution in [3.63, 3.8) is 0 Å². The molecular weight excluding hydrogens is 337 g/mol. The van der Waals surface area contributed by atoms with E-state index in [0.29, 0.717) is 41.2 Å². The minimum Gasteiger partial charge on any atom is -0.368 e. The van der Waals surface area contributed by atoms with Gasteiger partial charge in [-0.15, -0.1) is 0 Å². The number of imidazole rings is 1. The van der Waals surface area contributed by atoms with Crippen LogP contribution in [0.1, 0.15) is 23.7 Å². The fourth-order valence-electron chi connectivity index (χ4n) is 3.41. The molecule has 4 rings (SSSR count). The summed E-state index contributed by atoms with van der Waals surface area (Å²) in [5, 5.41) is 0. The Balaban J connectivity index is 1.79. The number of aromatic amines is 2. The SMILES string of the molecule is CCCN1CCN(C(=O)c2ccnc3[nH]c(=O)[nH]c23)c2ccc(F)cc21. The fourth-order valence-corrected chi connectivity index (χ4v) is 3.41. The van der Waals surface area contributed by atoms with Crippen LogP contribution in [-0.2, 0) is 0 Å². The maximum absolute atomic E-state index is 13.8. The van der Waals surface area contributed by atoms with Crippen LogP contribution < -0.4 is 15.5 Å². The minimum atomic E-state index is -0.414. The number of hydrogen-bond acceptors (Lipinski definition) is 4. The largest absolute Gasteiger partial charge is 0.368 e. The third-order valence-electron chi connectivity index (χ3n) is 4.55. The van der Waals surface area contributed by atoms with Crippen molar-refractivity contribution < 1.29 is 9.18 Å². The van der Waals surface area contributed by atoms with Gasteiger partial charge in [0.25, 0.3) is 5.91 Å². The number of amides is 1. The Morgan fingerprint density at radius 2 is 2.08 bits per heavy atom. The molecule has 26 heavy (non-hydrogen) atoms. The molecule has 2 N–H and O–H groups in total. The van der Waals surface area contributed by atoms with E-state index in [1.807, 2.05) is 0 Å². The van der Waals surface area contributed by atoms with Gasteiger partial charge in [-0.05, 0) is 30.7 Å². The van der Waals surface area contributed by atoms with Gasteiger partial charge in [-0.3, -0.25) is 9.78 Å². The number of fused-ring (bicyclic) bond motifs is 2. The van der Waals surface area contributed by atoms with Gasteiger partial charge < -0.3 is 14.8 Å². The highest BCUT2D eigenvalue weighted by Crippen LogP contribution is 2.35. The molecule has 0 saturated heterocycles. The molecule has 1 aliphatic heterocycles. The molecule has 1 aromatic carbocycles. The van der Waals surface area contributed by atoms with Gasteiger partial charge in [0.2, 0.25) is 0 Å². The second-order valence-corrected chi connectivity index (χ2v) is 6.24. The van der Waals surface area contributed by atoms with Crippen LogP contribution in [0.25, 0.3) is 11.2 Å². The maximum atomic E-state index is 13.8. The highest BCUT2D eigenvalue weighted by Gasteiger charge is 2.29. The third kappa shape index (κ3) is 2.63. The van der Waals surface area contributed by atoms with E-state index in [9.17, 15) is 14.0 Å². The van der Waals surface area contributed by atoms with Gasteiger partial charge in [-0.2, -0.15) is 0 Å². The molecule has 0 spiro atoms. The lowest BCUT2D eigenvalue weighted by molar-refractivity contribution is 0.0988. The predicted molar refractivity (Wildman–Crippen MR) is 97.3 cm³/mol. The number of H-pyrrole nitrogens is 2. The smallest absolute Gasteiger partial charge is 0.325 e. The van der Waals surface area contributed by atoms with Crippen molar-refractivity contribution in [2.75, 3.05) is 29.4 Å². The lowest BCUT2D eigenvalue weighted by Crippen LogP contribution is -2.44. The minimum absolute atomic E-state index is 0.253. The molecule has 1 aliphatic rings. The van der Waals surface area contributed by atoms with Crippen molar-refractivity contribution in [3.8, 4) is 0 Å². The van der Waals surface area contributed by atoms with E-state index in [1.165, 1.54) is 18.3 Å². The van der Waals surface area contributed by atoms with Gasteiger partial charge >= 0.3 is 5.69 Å². The molecule has 0 unspecified atom stereocenters. The molecule has 0 bridgehead atoms. The first-order valence-corrected chi connectivity index (χ1v) is 8.52. The summed E-state index contributed by atoms with van der Waals surface area (Å²) in [6.45, 7) is 3.96. The van der Waals surface area contributed by atoms with Gasteiger partial charge in [0.1, 0.15) is 5.82 Å². The molecule has 1 amide bonds. The first-order valence-electron chi connectivity index (χ1n) is 8.52. The van der Waals surface area contributed by atoms with Gasteiger partial charge in [-0.1, -0.05) is 6.92 Å². The molecule has 8 heteroatoms. The Morgan fingerprint density at radius 3 is 2.88 bits per heavy atom. The van der Waals surface area contributed by atoms with Crippen LogP contribution in [-0.4, -0.2) is 40.5 Å². The summed E-state index contributed by atoms with van der Waals surface area (Å²) in [6, 6.07) is 6.03. The number of nitrogens with zero attached hydrogens (tertiary/aromatic N) is 3. The number of rotatable bonds is 3. The van der Waals surface area contributed by atoms with Crippen LogP contribution in [0.4, 0.5) is 15.8 Å². The summed E-state index contributed by atoms with van der Waals surface area (Å²) in [4.78, 5) is 37.7. The van der Waals surface area contributed by atoms with Crippen molar-refractivity contribution >= 4 is 28.4 Å². The van der Waals surface area contributed by atoms with E-state index in [0.717, 1.165) is 13.0 Å². The number of anilines is 2. The van der Waals surface area contributed by atoms with Crippen molar-refractivity contribution in [1.82, 2.24) is 15.0 Å². The molecule has 3 heterocycles. The fraction of sp³-hybridized carbons (Fsp3) is 0.278. The number of pyridine rings is 1. The van der Waals surface area contributed by atoms with E-state index < -0.39 is 5.69 Å². The van der Waals surface area contributed by atoms with E-state index in [4.69, 9.17) is 0 Å². The van der Waals surface area contributed by atoms with Crippen LogP contribution in [0.15, 0.2) is 35.3 Å². The van der Waals surface area contributed by atoms with Crippen LogP contribution in [0.2, 0.25) is 0 Å². The number of carbonyl (C=O) groups excluding carboxylic acids is 1. The van der Waals surface area contributed by atoms with E-state index in [1.54, 1.807) is 17.0 Å². The molecule has 3 aromatic rings.